The zero-order chi connectivity index (χ0) is 22.3. The van der Waals surface area contributed by atoms with Crippen molar-refractivity contribution in [2.45, 2.75) is 77.2 Å². The van der Waals surface area contributed by atoms with Gasteiger partial charge in [-0.2, -0.15) is 0 Å². The Labute approximate surface area is 188 Å². The Morgan fingerprint density at radius 1 is 1.30 bits per heavy atom. The first-order valence-electron chi connectivity index (χ1n) is 10.5. The number of rotatable bonds is 9. The molecule has 7 heteroatoms. The van der Waals surface area contributed by atoms with Gasteiger partial charge in [0.2, 0.25) is 11.7 Å². The number of allylic oxidation sites excluding steroid dienone is 5. The van der Waals surface area contributed by atoms with E-state index >= 15 is 0 Å². The van der Waals surface area contributed by atoms with Crippen molar-refractivity contribution in [1.29, 1.82) is 0 Å². The van der Waals surface area contributed by atoms with Crippen molar-refractivity contribution in [1.82, 2.24) is 5.32 Å². The quantitative estimate of drug-likeness (QED) is 0.295. The molecule has 0 radical (unpaired) electrons. The largest absolute Gasteiger partial charge is 0.366 e. The number of nitrogens with one attached hydrogen (secondary N) is 1. The van der Waals surface area contributed by atoms with Gasteiger partial charge in [-0.1, -0.05) is 80.5 Å². The third-order valence-corrected chi connectivity index (χ3v) is 5.85. The second-order valence-corrected chi connectivity index (χ2v) is 8.98. The Kier molecular flexibility index (Phi) is 9.35. The Balaban J connectivity index is 1.89. The fraction of sp³-hybridized carbons (Fsp3) is 0.565. The number of hydrogen-bond acceptors (Lipinski definition) is 4. The minimum atomic E-state index is -1.24. The van der Waals surface area contributed by atoms with E-state index in [0.29, 0.717) is 5.92 Å². The van der Waals surface area contributed by atoms with E-state index in [4.69, 9.17) is 27.9 Å². The third kappa shape index (κ3) is 7.09. The number of carbonyl (C=O) groups excluding carboxylic acids is 2. The highest BCUT2D eigenvalue weighted by Crippen LogP contribution is 2.39. The molecule has 5 nitrogen and oxygen atoms in total. The van der Waals surface area contributed by atoms with Gasteiger partial charge >= 0.3 is 0 Å². The SMILES string of the molecule is CCCCCC[C@@H](C)/C=C(C)/C=C/C(=O)N[C@H]1CC2(C=C(Cl)C(=O)C(Cl)=C2)O[C@@H]1O. The molecule has 1 saturated heterocycles. The molecule has 3 atom stereocenters. The summed E-state index contributed by atoms with van der Waals surface area (Å²) in [5, 5.41) is 12.8. The molecule has 0 bridgehead atoms. The number of halogens is 2. The molecule has 1 spiro atoms. The first-order valence-corrected chi connectivity index (χ1v) is 11.3. The number of carbonyl (C=O) groups is 2. The third-order valence-electron chi connectivity index (χ3n) is 5.28. The van der Waals surface area contributed by atoms with Gasteiger partial charge in [-0.05, 0) is 31.4 Å². The molecular formula is C23H31Cl2NO4. The van der Waals surface area contributed by atoms with Crippen molar-refractivity contribution in [3.63, 3.8) is 0 Å². The van der Waals surface area contributed by atoms with E-state index < -0.39 is 23.7 Å². The highest BCUT2D eigenvalue weighted by molar-refractivity contribution is 6.55. The van der Waals surface area contributed by atoms with E-state index in [1.807, 2.05) is 6.92 Å². The van der Waals surface area contributed by atoms with Crippen LogP contribution in [0.1, 0.15) is 59.3 Å². The van der Waals surface area contributed by atoms with Crippen molar-refractivity contribution in [2.75, 3.05) is 0 Å². The minimum absolute atomic E-state index is 0.0638. The number of ether oxygens (including phenoxy) is 1. The van der Waals surface area contributed by atoms with Gasteiger partial charge < -0.3 is 15.2 Å². The maximum absolute atomic E-state index is 12.3. The lowest BCUT2D eigenvalue weighted by atomic mass is 9.92. The monoisotopic (exact) mass is 455 g/mol. The summed E-state index contributed by atoms with van der Waals surface area (Å²) >= 11 is 11.9. The van der Waals surface area contributed by atoms with E-state index in [2.05, 4.69) is 25.2 Å². The van der Waals surface area contributed by atoms with Crippen LogP contribution in [0.15, 0.2) is 46.0 Å². The first kappa shape index (κ1) is 24.9. The summed E-state index contributed by atoms with van der Waals surface area (Å²) in [6.45, 7) is 6.35. The fourth-order valence-corrected chi connectivity index (χ4v) is 4.36. The van der Waals surface area contributed by atoms with Gasteiger partial charge in [-0.25, -0.2) is 0 Å². The first-order chi connectivity index (χ1) is 14.2. The van der Waals surface area contributed by atoms with Crippen LogP contribution < -0.4 is 5.32 Å². The van der Waals surface area contributed by atoms with Crippen LogP contribution in [-0.4, -0.2) is 34.7 Å². The number of aliphatic hydroxyl groups excluding tert-OH is 1. The summed E-state index contributed by atoms with van der Waals surface area (Å²) in [5.74, 6) is -0.360. The zero-order valence-electron chi connectivity index (χ0n) is 17.8. The maximum Gasteiger partial charge on any atom is 0.244 e. The van der Waals surface area contributed by atoms with Gasteiger partial charge in [0.15, 0.2) is 6.29 Å². The maximum atomic E-state index is 12.3. The van der Waals surface area contributed by atoms with Crippen molar-refractivity contribution in [3.05, 3.63) is 46.0 Å². The van der Waals surface area contributed by atoms with Crippen molar-refractivity contribution in [2.24, 2.45) is 5.92 Å². The van der Waals surface area contributed by atoms with Crippen LogP contribution in [0.25, 0.3) is 0 Å². The Bertz CT molecular complexity index is 747. The van der Waals surface area contributed by atoms with Gasteiger partial charge in [0.05, 0.1) is 16.1 Å². The molecule has 2 aliphatic rings. The van der Waals surface area contributed by atoms with E-state index in [0.717, 1.165) is 12.0 Å². The van der Waals surface area contributed by atoms with E-state index in [-0.39, 0.29) is 22.4 Å². The molecule has 2 rings (SSSR count). The topological polar surface area (TPSA) is 75.6 Å². The lowest BCUT2D eigenvalue weighted by molar-refractivity contribution is -0.126. The van der Waals surface area contributed by atoms with E-state index in [1.54, 1.807) is 6.08 Å². The van der Waals surface area contributed by atoms with Crippen LogP contribution in [0.2, 0.25) is 0 Å². The summed E-state index contributed by atoms with van der Waals surface area (Å²) < 4.78 is 5.56. The molecule has 30 heavy (non-hydrogen) atoms. The van der Waals surface area contributed by atoms with Crippen LogP contribution >= 0.6 is 23.2 Å². The molecule has 0 aromatic heterocycles. The highest BCUT2D eigenvalue weighted by Gasteiger charge is 2.46. The predicted molar refractivity (Wildman–Crippen MR) is 120 cm³/mol. The molecule has 1 aliphatic heterocycles. The number of hydrogen-bond donors (Lipinski definition) is 2. The molecular weight excluding hydrogens is 425 g/mol. The number of ketones is 1. The van der Waals surface area contributed by atoms with Gasteiger partial charge in [-0.15, -0.1) is 0 Å². The molecule has 2 N–H and O–H groups in total. The highest BCUT2D eigenvalue weighted by atomic mass is 35.5. The van der Waals surface area contributed by atoms with Gasteiger partial charge in [-0.3, -0.25) is 9.59 Å². The van der Waals surface area contributed by atoms with Crippen LogP contribution in [0.4, 0.5) is 0 Å². The molecule has 0 aromatic rings. The van der Waals surface area contributed by atoms with Crippen LogP contribution in [0.5, 0.6) is 0 Å². The average molecular weight is 456 g/mol. The van der Waals surface area contributed by atoms with Gasteiger partial charge in [0, 0.05) is 12.5 Å². The zero-order valence-corrected chi connectivity index (χ0v) is 19.3. The van der Waals surface area contributed by atoms with Crippen LogP contribution in [-0.2, 0) is 14.3 Å². The summed E-state index contributed by atoms with van der Waals surface area (Å²) in [4.78, 5) is 24.0. The van der Waals surface area contributed by atoms with Gasteiger partial charge in [0.1, 0.15) is 5.60 Å². The normalized spacial score (nSPS) is 24.9. The van der Waals surface area contributed by atoms with Crippen molar-refractivity contribution in [3.8, 4) is 0 Å². The predicted octanol–water partition coefficient (Wildman–Crippen LogP) is 4.89. The molecule has 1 fully saturated rings. The van der Waals surface area contributed by atoms with Crippen molar-refractivity contribution < 1.29 is 19.4 Å². The molecule has 1 aliphatic carbocycles. The van der Waals surface area contributed by atoms with Crippen molar-refractivity contribution >= 4 is 34.9 Å². The molecule has 0 unspecified atom stereocenters. The number of amides is 1. The minimum Gasteiger partial charge on any atom is -0.366 e. The van der Waals surface area contributed by atoms with Crippen LogP contribution in [0.3, 0.4) is 0 Å². The Morgan fingerprint density at radius 3 is 2.60 bits per heavy atom. The lowest BCUT2D eigenvalue weighted by Crippen LogP contribution is -2.39. The number of aliphatic hydroxyl groups is 1. The fourth-order valence-electron chi connectivity index (χ4n) is 3.74. The summed E-state index contributed by atoms with van der Waals surface area (Å²) in [6, 6.07) is -0.654. The smallest absolute Gasteiger partial charge is 0.244 e. The average Bonchev–Trinajstić information content (AvgIpc) is 2.96. The molecule has 0 aromatic carbocycles. The van der Waals surface area contributed by atoms with E-state index in [1.165, 1.54) is 43.9 Å². The van der Waals surface area contributed by atoms with E-state index in [9.17, 15) is 14.7 Å². The number of unbranched alkanes of at least 4 members (excludes halogenated alkanes) is 3. The number of Topliss-reactive ketones (excluding diaryl/α,β-unsaturated/α-hetero) is 1. The van der Waals surface area contributed by atoms with Crippen LogP contribution in [0, 0.1) is 5.92 Å². The summed E-state index contributed by atoms with van der Waals surface area (Å²) in [7, 11) is 0. The molecule has 1 heterocycles. The standard InChI is InChI=1S/C23H31Cl2NO4/c1-4-5-6-7-8-15(2)11-16(3)9-10-20(27)26-19-14-23(30-22(19)29)12-17(24)21(28)18(25)13-23/h9-13,15,19,22,29H,4-8,14H2,1-3H3,(H,26,27)/b10-9+,16-11+/t15-,19+,22+/m1/s1. The summed E-state index contributed by atoms with van der Waals surface area (Å²) in [5.41, 5.74) is -0.0883. The summed E-state index contributed by atoms with van der Waals surface area (Å²) in [6.07, 6.45) is 13.3. The molecule has 0 saturated carbocycles. The second kappa shape index (κ2) is 11.3. The second-order valence-electron chi connectivity index (χ2n) is 8.17. The Hall–Kier alpha value is -1.40. The molecule has 1 amide bonds. The Morgan fingerprint density at radius 2 is 1.97 bits per heavy atom. The van der Waals surface area contributed by atoms with Gasteiger partial charge in [0.25, 0.3) is 0 Å². The molecule has 166 valence electrons. The lowest BCUT2D eigenvalue weighted by Gasteiger charge is -2.24.